The van der Waals surface area contributed by atoms with Crippen molar-refractivity contribution in [1.29, 1.82) is 0 Å². The zero-order valence-electron chi connectivity index (χ0n) is 19.0. The quantitative estimate of drug-likeness (QED) is 0.383. The first kappa shape index (κ1) is 23.6. The number of para-hydroxylation sites is 2. The second kappa shape index (κ2) is 10.6. The van der Waals surface area contributed by atoms with Crippen LogP contribution >= 0.6 is 0 Å². The van der Waals surface area contributed by atoms with Crippen molar-refractivity contribution in [3.05, 3.63) is 71.1 Å². The lowest BCUT2D eigenvalue weighted by atomic mass is 10.2. The molecule has 0 fully saturated rings. The van der Waals surface area contributed by atoms with Gasteiger partial charge in [0.25, 0.3) is 11.8 Å². The number of esters is 1. The smallest absolute Gasteiger partial charge is 0.338 e. The summed E-state index contributed by atoms with van der Waals surface area (Å²) in [5.41, 5.74) is 6.15. The van der Waals surface area contributed by atoms with Crippen LogP contribution in [-0.2, 0) is 20.9 Å². The van der Waals surface area contributed by atoms with Crippen molar-refractivity contribution in [2.24, 2.45) is 0 Å². The Morgan fingerprint density at radius 2 is 1.86 bits per heavy atom. The van der Waals surface area contributed by atoms with Gasteiger partial charge in [0.05, 0.1) is 16.8 Å². The predicted octanol–water partition coefficient (Wildman–Crippen LogP) is 2.01. The summed E-state index contributed by atoms with van der Waals surface area (Å²) in [4.78, 5) is 36.6. The minimum absolute atomic E-state index is 0.0115. The lowest BCUT2D eigenvalue weighted by Gasteiger charge is -2.25. The maximum atomic E-state index is 12.3. The van der Waals surface area contributed by atoms with Gasteiger partial charge in [-0.3, -0.25) is 20.4 Å². The first-order valence-electron chi connectivity index (χ1n) is 10.7. The monoisotopic (exact) mass is 481 g/mol. The number of carbonyl (C=O) groups excluding carboxylic acids is 3. The van der Waals surface area contributed by atoms with Gasteiger partial charge in [-0.2, -0.15) is 0 Å². The van der Waals surface area contributed by atoms with E-state index < -0.39 is 30.5 Å². The molecule has 0 saturated carbocycles. The fourth-order valence-corrected chi connectivity index (χ4v) is 3.19. The van der Waals surface area contributed by atoms with Crippen LogP contribution < -0.4 is 25.1 Å². The average Bonchev–Trinajstić information content (AvgIpc) is 3.21. The highest BCUT2D eigenvalue weighted by atomic mass is 16.6. The molecule has 2 aromatic carbocycles. The van der Waals surface area contributed by atoms with Gasteiger partial charge in [-0.05, 0) is 44.2 Å². The molecule has 0 bridgehead atoms. The Morgan fingerprint density at radius 1 is 1.06 bits per heavy atom. The van der Waals surface area contributed by atoms with E-state index in [1.807, 2.05) is 6.92 Å². The molecule has 4 rings (SSSR count). The van der Waals surface area contributed by atoms with Crippen LogP contribution in [0.4, 0.5) is 0 Å². The van der Waals surface area contributed by atoms with E-state index in [2.05, 4.69) is 16.0 Å². The van der Waals surface area contributed by atoms with Crippen LogP contribution in [0.2, 0.25) is 0 Å². The molecule has 2 N–H and O–H groups in total. The molecule has 35 heavy (non-hydrogen) atoms. The minimum atomic E-state index is -0.944. The molecule has 1 aliphatic heterocycles. The van der Waals surface area contributed by atoms with E-state index in [-0.39, 0.29) is 18.8 Å². The Labute approximate surface area is 200 Å². The molecule has 182 valence electrons. The number of hydrazine groups is 1. The SMILES string of the molecule is Cc1noc(C)c1COc1cccc(C(=O)OCC(=O)NNC(=O)C2COc3ccccc3O2)c1. The van der Waals surface area contributed by atoms with Crippen molar-refractivity contribution < 1.29 is 37.9 Å². The number of carbonyl (C=O) groups is 3. The summed E-state index contributed by atoms with van der Waals surface area (Å²) in [6.45, 7) is 3.21. The van der Waals surface area contributed by atoms with Crippen LogP contribution in [0.5, 0.6) is 17.2 Å². The van der Waals surface area contributed by atoms with Crippen LogP contribution in [0.15, 0.2) is 53.1 Å². The molecule has 11 heteroatoms. The number of aromatic nitrogens is 1. The summed E-state index contributed by atoms with van der Waals surface area (Å²) in [6.07, 6.45) is -0.944. The van der Waals surface area contributed by atoms with E-state index in [9.17, 15) is 14.4 Å². The van der Waals surface area contributed by atoms with E-state index >= 15 is 0 Å². The standard InChI is InChI=1S/C24H23N3O8/c1-14-18(15(2)35-27-14)11-31-17-7-5-6-16(10-17)24(30)33-13-22(28)25-26-23(29)21-12-32-19-8-3-4-9-20(19)34-21/h3-10,21H,11-13H2,1-2H3,(H,25,28)(H,26,29). The number of aryl methyl sites for hydroxylation is 2. The maximum Gasteiger partial charge on any atom is 0.338 e. The Bertz CT molecular complexity index is 1220. The summed E-state index contributed by atoms with van der Waals surface area (Å²) >= 11 is 0. The van der Waals surface area contributed by atoms with Gasteiger partial charge < -0.3 is 23.5 Å². The number of nitrogens with zero attached hydrogens (tertiary/aromatic N) is 1. The fourth-order valence-electron chi connectivity index (χ4n) is 3.19. The van der Waals surface area contributed by atoms with Gasteiger partial charge in [0, 0.05) is 0 Å². The summed E-state index contributed by atoms with van der Waals surface area (Å²) in [7, 11) is 0. The third-order valence-corrected chi connectivity index (χ3v) is 5.09. The summed E-state index contributed by atoms with van der Waals surface area (Å²) < 4.78 is 26.9. The van der Waals surface area contributed by atoms with E-state index in [1.165, 1.54) is 12.1 Å². The molecular weight excluding hydrogens is 458 g/mol. The lowest BCUT2D eigenvalue weighted by molar-refractivity contribution is -0.135. The molecule has 0 aliphatic carbocycles. The Balaban J connectivity index is 1.21. The molecule has 3 aromatic rings. The van der Waals surface area contributed by atoms with Gasteiger partial charge in [-0.1, -0.05) is 23.4 Å². The number of fused-ring (bicyclic) bond motifs is 1. The van der Waals surface area contributed by atoms with Crippen molar-refractivity contribution >= 4 is 17.8 Å². The van der Waals surface area contributed by atoms with Crippen molar-refractivity contribution in [1.82, 2.24) is 16.0 Å². The molecular formula is C24H23N3O8. The third kappa shape index (κ3) is 5.88. The molecule has 2 amide bonds. The molecule has 0 radical (unpaired) electrons. The number of hydrogen-bond donors (Lipinski definition) is 2. The van der Waals surface area contributed by atoms with Crippen molar-refractivity contribution in [2.45, 2.75) is 26.6 Å². The van der Waals surface area contributed by atoms with Gasteiger partial charge in [0.2, 0.25) is 6.10 Å². The van der Waals surface area contributed by atoms with Gasteiger partial charge in [-0.25, -0.2) is 4.79 Å². The average molecular weight is 481 g/mol. The number of hydrogen-bond acceptors (Lipinski definition) is 9. The molecule has 1 aliphatic rings. The first-order chi connectivity index (χ1) is 16.9. The van der Waals surface area contributed by atoms with Crippen molar-refractivity contribution in [3.8, 4) is 17.2 Å². The number of amides is 2. The molecule has 11 nitrogen and oxygen atoms in total. The topological polar surface area (TPSA) is 138 Å². The van der Waals surface area contributed by atoms with Crippen LogP contribution in [-0.4, -0.2) is 42.3 Å². The summed E-state index contributed by atoms with van der Waals surface area (Å²) in [5, 5.41) is 3.87. The lowest BCUT2D eigenvalue weighted by Crippen LogP contribution is -2.51. The van der Waals surface area contributed by atoms with Crippen LogP contribution in [0.25, 0.3) is 0 Å². The Morgan fingerprint density at radius 3 is 2.63 bits per heavy atom. The zero-order chi connectivity index (χ0) is 24.8. The highest BCUT2D eigenvalue weighted by molar-refractivity contribution is 5.92. The molecule has 2 heterocycles. The van der Waals surface area contributed by atoms with Crippen LogP contribution in [0, 0.1) is 13.8 Å². The number of ether oxygens (including phenoxy) is 4. The van der Waals surface area contributed by atoms with Gasteiger partial charge in [0.1, 0.15) is 24.7 Å². The normalized spacial score (nSPS) is 14.1. The molecule has 0 saturated heterocycles. The minimum Gasteiger partial charge on any atom is -0.489 e. The number of rotatable bonds is 7. The molecule has 1 atom stereocenters. The van der Waals surface area contributed by atoms with Gasteiger partial charge in [0.15, 0.2) is 18.1 Å². The van der Waals surface area contributed by atoms with E-state index in [0.29, 0.717) is 23.0 Å². The molecule has 0 spiro atoms. The van der Waals surface area contributed by atoms with E-state index in [0.717, 1.165) is 11.3 Å². The predicted molar refractivity (Wildman–Crippen MR) is 120 cm³/mol. The third-order valence-electron chi connectivity index (χ3n) is 5.09. The summed E-state index contributed by atoms with van der Waals surface area (Å²) in [6, 6.07) is 13.3. The van der Waals surface area contributed by atoms with E-state index in [1.54, 1.807) is 43.3 Å². The second-order valence-electron chi connectivity index (χ2n) is 7.60. The first-order valence-corrected chi connectivity index (χ1v) is 10.7. The van der Waals surface area contributed by atoms with Gasteiger partial charge in [-0.15, -0.1) is 0 Å². The van der Waals surface area contributed by atoms with Crippen molar-refractivity contribution in [3.63, 3.8) is 0 Å². The van der Waals surface area contributed by atoms with Crippen LogP contribution in [0.3, 0.4) is 0 Å². The highest BCUT2D eigenvalue weighted by Gasteiger charge is 2.27. The van der Waals surface area contributed by atoms with E-state index in [4.69, 9.17) is 23.5 Å². The van der Waals surface area contributed by atoms with Crippen LogP contribution in [0.1, 0.15) is 27.4 Å². The van der Waals surface area contributed by atoms with Crippen molar-refractivity contribution in [2.75, 3.05) is 13.2 Å². The molecule has 1 aromatic heterocycles. The summed E-state index contributed by atoms with van der Waals surface area (Å²) in [5.74, 6) is -0.00870. The Hall–Kier alpha value is -4.54. The largest absolute Gasteiger partial charge is 0.489 e. The number of benzene rings is 2. The molecule has 1 unspecified atom stereocenters. The second-order valence-corrected chi connectivity index (χ2v) is 7.60. The zero-order valence-corrected chi connectivity index (χ0v) is 19.0. The fraction of sp³-hybridized carbons (Fsp3) is 0.250. The maximum absolute atomic E-state index is 12.3. The Kier molecular flexibility index (Phi) is 7.15. The highest BCUT2D eigenvalue weighted by Crippen LogP contribution is 2.30. The van der Waals surface area contributed by atoms with Gasteiger partial charge >= 0.3 is 5.97 Å². The number of nitrogens with one attached hydrogen (secondary N) is 2.